The molecule has 2 unspecified atom stereocenters. The molecule has 0 aromatic rings. The van der Waals surface area contributed by atoms with Crippen molar-refractivity contribution >= 4 is 29.3 Å². The molecule has 0 bridgehead atoms. The summed E-state index contributed by atoms with van der Waals surface area (Å²) in [6, 6.07) is 0. The second-order valence-electron chi connectivity index (χ2n) is 3.51. The molecule has 0 spiro atoms. The molecule has 0 aromatic carbocycles. The number of hydrogen-bond donors (Lipinski definition) is 1. The Labute approximate surface area is 88.8 Å². The van der Waals surface area contributed by atoms with Gasteiger partial charge in [0, 0.05) is 12.4 Å². The minimum Gasteiger partial charge on any atom is -0.355 e. The van der Waals surface area contributed by atoms with Gasteiger partial charge in [0.05, 0.1) is 5.25 Å². The van der Waals surface area contributed by atoms with Crippen LogP contribution in [-0.2, 0) is 4.79 Å². The third kappa shape index (κ3) is 3.77. The second kappa shape index (κ2) is 5.76. The van der Waals surface area contributed by atoms with Gasteiger partial charge in [-0.15, -0.1) is 23.4 Å². The van der Waals surface area contributed by atoms with Crippen LogP contribution in [0.2, 0.25) is 0 Å². The van der Waals surface area contributed by atoms with Gasteiger partial charge in [0.25, 0.3) is 0 Å². The molecule has 1 aliphatic heterocycles. The summed E-state index contributed by atoms with van der Waals surface area (Å²) in [5, 5.41) is 3.13. The molecule has 2 atom stereocenters. The molecule has 0 aliphatic carbocycles. The first-order chi connectivity index (χ1) is 6.24. The first-order valence-corrected chi connectivity index (χ1v) is 6.27. The fraction of sp³-hybridized carbons (Fsp3) is 0.889. The molecule has 76 valence electrons. The van der Waals surface area contributed by atoms with Crippen molar-refractivity contribution in [3.63, 3.8) is 0 Å². The summed E-state index contributed by atoms with van der Waals surface area (Å²) in [4.78, 5) is 11.5. The zero-order valence-electron chi connectivity index (χ0n) is 7.88. The number of amides is 1. The van der Waals surface area contributed by atoms with Crippen LogP contribution in [0.1, 0.15) is 19.8 Å². The molecule has 1 aliphatic rings. The van der Waals surface area contributed by atoms with Gasteiger partial charge in [0.1, 0.15) is 0 Å². The molecule has 1 heterocycles. The van der Waals surface area contributed by atoms with Gasteiger partial charge < -0.3 is 5.32 Å². The van der Waals surface area contributed by atoms with Crippen molar-refractivity contribution in [3.8, 4) is 0 Å². The van der Waals surface area contributed by atoms with E-state index in [2.05, 4.69) is 5.32 Å². The lowest BCUT2D eigenvalue weighted by Gasteiger charge is -2.12. The van der Waals surface area contributed by atoms with Gasteiger partial charge in [0.2, 0.25) is 5.91 Å². The number of rotatable bonds is 4. The Balaban J connectivity index is 2.16. The van der Waals surface area contributed by atoms with Gasteiger partial charge in [0.15, 0.2) is 0 Å². The highest BCUT2D eigenvalue weighted by Gasteiger charge is 2.22. The number of hydrogen-bond acceptors (Lipinski definition) is 2. The summed E-state index contributed by atoms with van der Waals surface area (Å²) in [6.07, 6.45) is 2.21. The Morgan fingerprint density at radius 2 is 2.54 bits per heavy atom. The number of carbonyl (C=O) groups is 1. The maximum absolute atomic E-state index is 11.5. The number of alkyl halides is 1. The Morgan fingerprint density at radius 1 is 1.77 bits per heavy atom. The Kier molecular flexibility index (Phi) is 4.96. The number of thioether (sulfide) groups is 1. The molecule has 1 amide bonds. The first-order valence-electron chi connectivity index (χ1n) is 4.69. The average molecular weight is 222 g/mol. The summed E-state index contributed by atoms with van der Waals surface area (Å²) >= 11 is 7.40. The standard InChI is InChI=1S/C9H16ClNOS/c1-7(5-10)6-11-9(12)8-3-2-4-13-8/h7-8H,2-6H2,1H3,(H,11,12). The molecule has 1 saturated heterocycles. The van der Waals surface area contributed by atoms with Crippen LogP contribution in [0.25, 0.3) is 0 Å². The van der Waals surface area contributed by atoms with E-state index in [1.807, 2.05) is 6.92 Å². The molecular weight excluding hydrogens is 206 g/mol. The van der Waals surface area contributed by atoms with Crippen molar-refractivity contribution in [1.82, 2.24) is 5.32 Å². The second-order valence-corrected chi connectivity index (χ2v) is 5.13. The van der Waals surface area contributed by atoms with E-state index in [0.717, 1.165) is 12.2 Å². The van der Waals surface area contributed by atoms with Gasteiger partial charge >= 0.3 is 0 Å². The summed E-state index contributed by atoms with van der Waals surface area (Å²) in [7, 11) is 0. The van der Waals surface area contributed by atoms with Gasteiger partial charge in [-0.1, -0.05) is 6.92 Å². The van der Waals surface area contributed by atoms with Crippen molar-refractivity contribution in [1.29, 1.82) is 0 Å². The summed E-state index contributed by atoms with van der Waals surface area (Å²) < 4.78 is 0. The zero-order chi connectivity index (χ0) is 9.68. The van der Waals surface area contributed by atoms with E-state index in [9.17, 15) is 4.79 Å². The fourth-order valence-electron chi connectivity index (χ4n) is 1.23. The summed E-state index contributed by atoms with van der Waals surface area (Å²) in [5.74, 6) is 2.30. The zero-order valence-corrected chi connectivity index (χ0v) is 9.46. The third-order valence-electron chi connectivity index (χ3n) is 2.11. The van der Waals surface area contributed by atoms with Gasteiger partial charge in [-0.2, -0.15) is 0 Å². The largest absolute Gasteiger partial charge is 0.355 e. The van der Waals surface area contributed by atoms with Crippen LogP contribution in [0.3, 0.4) is 0 Å². The topological polar surface area (TPSA) is 29.1 Å². The molecule has 13 heavy (non-hydrogen) atoms. The lowest BCUT2D eigenvalue weighted by atomic mass is 10.2. The van der Waals surface area contributed by atoms with E-state index in [4.69, 9.17) is 11.6 Å². The van der Waals surface area contributed by atoms with Crippen LogP contribution in [-0.4, -0.2) is 29.3 Å². The van der Waals surface area contributed by atoms with E-state index in [0.29, 0.717) is 18.3 Å². The SMILES string of the molecule is CC(CCl)CNC(=O)C1CCCS1. The molecule has 4 heteroatoms. The Bertz CT molecular complexity index is 171. The molecular formula is C9H16ClNOS. The van der Waals surface area contributed by atoms with Crippen LogP contribution >= 0.6 is 23.4 Å². The number of halogens is 1. The van der Waals surface area contributed by atoms with Crippen molar-refractivity contribution in [3.05, 3.63) is 0 Å². The van der Waals surface area contributed by atoms with Crippen molar-refractivity contribution in [2.24, 2.45) is 5.92 Å². The molecule has 1 N–H and O–H groups in total. The van der Waals surface area contributed by atoms with Crippen LogP contribution in [0.4, 0.5) is 0 Å². The van der Waals surface area contributed by atoms with Crippen LogP contribution < -0.4 is 5.32 Å². The average Bonchev–Trinajstić information content (AvgIpc) is 2.66. The van der Waals surface area contributed by atoms with Crippen LogP contribution in [0.15, 0.2) is 0 Å². The molecule has 1 fully saturated rings. The first kappa shape index (κ1) is 11.2. The number of carbonyl (C=O) groups excluding carboxylic acids is 1. The lowest BCUT2D eigenvalue weighted by molar-refractivity contribution is -0.120. The predicted molar refractivity (Wildman–Crippen MR) is 58.4 cm³/mol. The highest BCUT2D eigenvalue weighted by molar-refractivity contribution is 8.00. The quantitative estimate of drug-likeness (QED) is 0.735. The number of nitrogens with one attached hydrogen (secondary N) is 1. The van der Waals surface area contributed by atoms with E-state index in [1.54, 1.807) is 11.8 Å². The molecule has 0 saturated carbocycles. The highest BCUT2D eigenvalue weighted by atomic mass is 35.5. The smallest absolute Gasteiger partial charge is 0.233 e. The summed E-state index contributed by atoms with van der Waals surface area (Å²) in [6.45, 7) is 2.74. The van der Waals surface area contributed by atoms with E-state index >= 15 is 0 Å². The van der Waals surface area contributed by atoms with Crippen molar-refractivity contribution < 1.29 is 4.79 Å². The molecule has 1 rings (SSSR count). The van der Waals surface area contributed by atoms with E-state index in [1.165, 1.54) is 6.42 Å². The van der Waals surface area contributed by atoms with E-state index in [-0.39, 0.29) is 11.2 Å². The molecule has 0 radical (unpaired) electrons. The Hall–Kier alpha value is 0.110. The maximum Gasteiger partial charge on any atom is 0.233 e. The minimum atomic E-state index is 0.194. The minimum absolute atomic E-state index is 0.194. The lowest BCUT2D eigenvalue weighted by Crippen LogP contribution is -2.34. The fourth-order valence-corrected chi connectivity index (χ4v) is 2.52. The molecule has 0 aromatic heterocycles. The van der Waals surface area contributed by atoms with Crippen molar-refractivity contribution in [2.75, 3.05) is 18.2 Å². The van der Waals surface area contributed by atoms with Crippen LogP contribution in [0, 0.1) is 5.92 Å². The van der Waals surface area contributed by atoms with E-state index < -0.39 is 0 Å². The summed E-state index contributed by atoms with van der Waals surface area (Å²) in [5.41, 5.74) is 0. The van der Waals surface area contributed by atoms with Gasteiger partial charge in [-0.25, -0.2) is 0 Å². The maximum atomic E-state index is 11.5. The predicted octanol–water partition coefficient (Wildman–Crippen LogP) is 1.87. The van der Waals surface area contributed by atoms with Crippen LogP contribution in [0.5, 0.6) is 0 Å². The van der Waals surface area contributed by atoms with Gasteiger partial charge in [-0.3, -0.25) is 4.79 Å². The monoisotopic (exact) mass is 221 g/mol. The van der Waals surface area contributed by atoms with Crippen molar-refractivity contribution in [2.45, 2.75) is 25.0 Å². The van der Waals surface area contributed by atoms with Gasteiger partial charge in [-0.05, 0) is 24.5 Å². The third-order valence-corrected chi connectivity index (χ3v) is 4.01. The Morgan fingerprint density at radius 3 is 3.08 bits per heavy atom. The highest BCUT2D eigenvalue weighted by Crippen LogP contribution is 2.25. The normalized spacial score (nSPS) is 24.3. The molecule has 2 nitrogen and oxygen atoms in total.